The number of allylic oxidation sites excluding steroid dienone is 2. The van der Waals surface area contributed by atoms with E-state index in [0.717, 1.165) is 0 Å². The van der Waals surface area contributed by atoms with Gasteiger partial charge in [0, 0.05) is 0 Å². The second-order valence-corrected chi connectivity index (χ2v) is 5.04. The lowest BCUT2D eigenvalue weighted by Crippen LogP contribution is -2.08. The van der Waals surface area contributed by atoms with Crippen molar-refractivity contribution in [1.82, 2.24) is 0 Å². The number of hydrogen-bond acceptors (Lipinski definition) is 3. The molecule has 1 aliphatic rings. The Balaban J connectivity index is 1.73. The Morgan fingerprint density at radius 2 is 2.20 bits per heavy atom. The van der Waals surface area contributed by atoms with Crippen molar-refractivity contribution in [2.24, 2.45) is 0 Å². The Hall–Kier alpha value is -1.42. The molecule has 4 heteroatoms. The van der Waals surface area contributed by atoms with Crippen LogP contribution in [0.1, 0.15) is 5.76 Å². The Bertz CT molecular complexity index is 367. The summed E-state index contributed by atoms with van der Waals surface area (Å²) in [5, 5.41) is 4.09. The number of hydrogen-bond donors (Lipinski definition) is 1. The monoisotopic (exact) mass is 224 g/mol. The maximum Gasteiger partial charge on any atom is 0.315 e. The molecule has 15 heavy (non-hydrogen) atoms. The number of thiol groups is 1. The van der Waals surface area contributed by atoms with Crippen molar-refractivity contribution >= 4 is 16.9 Å². The standard InChI is InChI=1S/C11H12O3S/c12-11(9-15-6-1-2-7-15)14-8-10-4-3-5-13-10/h1-7,15H,8-9H2. The molecule has 1 aromatic heterocycles. The van der Waals surface area contributed by atoms with Crippen LogP contribution >= 0.6 is 10.9 Å². The topological polar surface area (TPSA) is 39.4 Å². The lowest BCUT2D eigenvalue weighted by molar-refractivity contribution is -0.142. The minimum Gasteiger partial charge on any atom is -0.466 e. The summed E-state index contributed by atoms with van der Waals surface area (Å²) in [6, 6.07) is 3.56. The summed E-state index contributed by atoms with van der Waals surface area (Å²) in [5.41, 5.74) is 0. The van der Waals surface area contributed by atoms with Gasteiger partial charge in [-0.25, -0.2) is 10.9 Å². The molecule has 0 spiro atoms. The quantitative estimate of drug-likeness (QED) is 0.630. The third kappa shape index (κ3) is 3.02. The van der Waals surface area contributed by atoms with Crippen LogP contribution in [0, 0.1) is 0 Å². The highest BCUT2D eigenvalue weighted by molar-refractivity contribution is 8.22. The molecule has 0 atom stereocenters. The zero-order valence-corrected chi connectivity index (χ0v) is 9.02. The van der Waals surface area contributed by atoms with Crippen LogP contribution in [-0.2, 0) is 16.1 Å². The molecule has 0 bridgehead atoms. The van der Waals surface area contributed by atoms with Gasteiger partial charge in [0.25, 0.3) is 0 Å². The normalized spacial score (nSPS) is 15.9. The van der Waals surface area contributed by atoms with Gasteiger partial charge < -0.3 is 9.15 Å². The fourth-order valence-corrected chi connectivity index (χ4v) is 2.56. The van der Waals surface area contributed by atoms with Gasteiger partial charge in [-0.15, -0.1) is 0 Å². The van der Waals surface area contributed by atoms with E-state index in [4.69, 9.17) is 9.15 Å². The number of esters is 1. The molecule has 0 radical (unpaired) electrons. The number of ether oxygens (including phenoxy) is 1. The lowest BCUT2D eigenvalue weighted by atomic mass is 10.5. The highest BCUT2D eigenvalue weighted by Crippen LogP contribution is 2.32. The first-order valence-corrected chi connectivity index (χ1v) is 6.30. The second-order valence-electron chi connectivity index (χ2n) is 3.10. The maximum absolute atomic E-state index is 11.4. The third-order valence-electron chi connectivity index (χ3n) is 1.93. The van der Waals surface area contributed by atoms with E-state index in [1.165, 1.54) is 0 Å². The van der Waals surface area contributed by atoms with Crippen LogP contribution in [0.25, 0.3) is 0 Å². The third-order valence-corrected chi connectivity index (χ3v) is 3.67. The predicted octanol–water partition coefficient (Wildman–Crippen LogP) is 2.37. The van der Waals surface area contributed by atoms with E-state index in [9.17, 15) is 4.79 Å². The molecule has 0 N–H and O–H groups in total. The molecule has 0 fully saturated rings. The summed E-state index contributed by atoms with van der Waals surface area (Å²) in [5.74, 6) is 0.964. The van der Waals surface area contributed by atoms with Crippen molar-refractivity contribution < 1.29 is 13.9 Å². The number of carbonyl (C=O) groups excluding carboxylic acids is 1. The Morgan fingerprint density at radius 3 is 2.87 bits per heavy atom. The summed E-state index contributed by atoms with van der Waals surface area (Å²) >= 11 is 0. The minimum absolute atomic E-state index is 0.172. The molecule has 0 unspecified atom stereocenters. The summed E-state index contributed by atoms with van der Waals surface area (Å²) in [6.45, 7) is 0.225. The second kappa shape index (κ2) is 4.89. The average Bonchev–Trinajstić information content (AvgIpc) is 2.86. The van der Waals surface area contributed by atoms with E-state index < -0.39 is 10.9 Å². The van der Waals surface area contributed by atoms with Gasteiger partial charge in [0.05, 0.1) is 12.0 Å². The van der Waals surface area contributed by atoms with Crippen LogP contribution in [-0.4, -0.2) is 11.7 Å². The van der Waals surface area contributed by atoms with Crippen LogP contribution in [0.4, 0.5) is 0 Å². The largest absolute Gasteiger partial charge is 0.466 e. The molecule has 0 aromatic carbocycles. The molecule has 80 valence electrons. The van der Waals surface area contributed by atoms with Crippen LogP contribution in [0.2, 0.25) is 0 Å². The van der Waals surface area contributed by atoms with Gasteiger partial charge in [-0.3, -0.25) is 4.79 Å². The van der Waals surface area contributed by atoms with E-state index in [1.807, 2.05) is 23.0 Å². The van der Waals surface area contributed by atoms with E-state index >= 15 is 0 Å². The van der Waals surface area contributed by atoms with Crippen molar-refractivity contribution in [3.05, 3.63) is 47.1 Å². The predicted molar refractivity (Wildman–Crippen MR) is 60.6 cm³/mol. The molecular weight excluding hydrogens is 212 g/mol. The van der Waals surface area contributed by atoms with Crippen molar-refractivity contribution in [3.63, 3.8) is 0 Å². The molecule has 1 aromatic rings. The molecule has 0 saturated heterocycles. The highest BCUT2D eigenvalue weighted by atomic mass is 32.2. The highest BCUT2D eigenvalue weighted by Gasteiger charge is 2.09. The smallest absolute Gasteiger partial charge is 0.315 e. The number of carbonyl (C=O) groups is 1. The Labute approximate surface area is 90.8 Å². The van der Waals surface area contributed by atoms with Gasteiger partial charge in [0.2, 0.25) is 0 Å². The summed E-state index contributed by atoms with van der Waals surface area (Å²) in [4.78, 5) is 11.4. The van der Waals surface area contributed by atoms with E-state index in [0.29, 0.717) is 11.5 Å². The lowest BCUT2D eigenvalue weighted by Gasteiger charge is -2.08. The van der Waals surface area contributed by atoms with Gasteiger partial charge in [-0.1, -0.05) is 12.2 Å². The van der Waals surface area contributed by atoms with Gasteiger partial charge in [0.15, 0.2) is 0 Å². The van der Waals surface area contributed by atoms with Gasteiger partial charge in [-0.2, -0.15) is 0 Å². The average molecular weight is 224 g/mol. The summed E-state index contributed by atoms with van der Waals surface area (Å²) in [6.07, 6.45) is 5.49. The SMILES string of the molecule is O=C(C[SH]1C=CC=C1)OCc1ccco1. The summed E-state index contributed by atoms with van der Waals surface area (Å²) < 4.78 is 10.1. The van der Waals surface area contributed by atoms with Gasteiger partial charge in [0.1, 0.15) is 12.4 Å². The number of furan rings is 1. The van der Waals surface area contributed by atoms with Gasteiger partial charge in [-0.05, 0) is 22.9 Å². The van der Waals surface area contributed by atoms with E-state index in [1.54, 1.807) is 18.4 Å². The van der Waals surface area contributed by atoms with Crippen LogP contribution < -0.4 is 0 Å². The fraction of sp³-hybridized carbons (Fsp3) is 0.182. The van der Waals surface area contributed by atoms with Crippen molar-refractivity contribution in [3.8, 4) is 0 Å². The summed E-state index contributed by atoms with van der Waals surface area (Å²) in [7, 11) is -0.420. The molecule has 2 heterocycles. The molecule has 3 nitrogen and oxygen atoms in total. The van der Waals surface area contributed by atoms with Gasteiger partial charge >= 0.3 is 5.97 Å². The zero-order valence-electron chi connectivity index (χ0n) is 8.13. The van der Waals surface area contributed by atoms with Crippen LogP contribution in [0.3, 0.4) is 0 Å². The molecule has 2 rings (SSSR count). The Kier molecular flexibility index (Phi) is 3.29. The molecular formula is C11H12O3S. The van der Waals surface area contributed by atoms with Crippen molar-refractivity contribution in [2.75, 3.05) is 5.75 Å². The van der Waals surface area contributed by atoms with Crippen LogP contribution in [0.15, 0.2) is 45.8 Å². The first kappa shape index (κ1) is 10.1. The molecule has 0 aliphatic carbocycles. The van der Waals surface area contributed by atoms with E-state index in [2.05, 4.69) is 0 Å². The van der Waals surface area contributed by atoms with Crippen molar-refractivity contribution in [1.29, 1.82) is 0 Å². The van der Waals surface area contributed by atoms with Crippen LogP contribution in [0.5, 0.6) is 0 Å². The fourth-order valence-electron chi connectivity index (χ4n) is 1.22. The number of rotatable bonds is 4. The Morgan fingerprint density at radius 1 is 1.40 bits per heavy atom. The molecule has 1 aliphatic heterocycles. The molecule has 0 amide bonds. The maximum atomic E-state index is 11.4. The van der Waals surface area contributed by atoms with Crippen molar-refractivity contribution in [2.45, 2.75) is 6.61 Å². The zero-order chi connectivity index (χ0) is 10.5. The minimum atomic E-state index is -0.420. The first-order chi connectivity index (χ1) is 7.34. The van der Waals surface area contributed by atoms with E-state index in [-0.39, 0.29) is 12.6 Å². The first-order valence-electron chi connectivity index (χ1n) is 4.63. The molecule has 0 saturated carbocycles.